The second kappa shape index (κ2) is 8.36. The second-order valence-electron chi connectivity index (χ2n) is 8.33. The highest BCUT2D eigenvalue weighted by Gasteiger charge is 2.26. The SMILES string of the molecule is CC(C)c1ccc(-c2[nH]c3ccc(S(=O)(=O)N4CCCCCC4)cc3c2C=O)cc1. The molecule has 2 heterocycles. The average Bonchev–Trinajstić information content (AvgIpc) is 2.90. The first kappa shape index (κ1) is 20.8. The van der Waals surface area contributed by atoms with E-state index in [1.54, 1.807) is 22.5 Å². The number of sulfonamides is 1. The van der Waals surface area contributed by atoms with Crippen LogP contribution in [-0.2, 0) is 10.0 Å². The summed E-state index contributed by atoms with van der Waals surface area (Å²) in [4.78, 5) is 15.5. The summed E-state index contributed by atoms with van der Waals surface area (Å²) in [7, 11) is -3.57. The number of aromatic amines is 1. The van der Waals surface area contributed by atoms with Crippen molar-refractivity contribution in [2.75, 3.05) is 13.1 Å². The Kier molecular flexibility index (Phi) is 5.80. The minimum atomic E-state index is -3.57. The lowest BCUT2D eigenvalue weighted by Crippen LogP contribution is -2.31. The van der Waals surface area contributed by atoms with Gasteiger partial charge in [-0.2, -0.15) is 4.31 Å². The van der Waals surface area contributed by atoms with Crippen molar-refractivity contribution in [1.82, 2.24) is 9.29 Å². The smallest absolute Gasteiger partial charge is 0.243 e. The Morgan fingerprint density at radius 3 is 2.23 bits per heavy atom. The molecule has 1 aromatic heterocycles. The number of rotatable bonds is 5. The molecule has 158 valence electrons. The van der Waals surface area contributed by atoms with Crippen molar-refractivity contribution in [3.63, 3.8) is 0 Å². The fraction of sp³-hybridized carbons (Fsp3) is 0.375. The van der Waals surface area contributed by atoms with E-state index < -0.39 is 10.0 Å². The molecule has 1 fully saturated rings. The van der Waals surface area contributed by atoms with Crippen LogP contribution in [0.2, 0.25) is 0 Å². The molecule has 3 aromatic rings. The van der Waals surface area contributed by atoms with E-state index in [9.17, 15) is 13.2 Å². The number of H-pyrrole nitrogens is 1. The second-order valence-corrected chi connectivity index (χ2v) is 10.3. The van der Waals surface area contributed by atoms with Gasteiger partial charge in [-0.15, -0.1) is 0 Å². The van der Waals surface area contributed by atoms with Gasteiger partial charge in [-0.05, 0) is 48.1 Å². The highest BCUT2D eigenvalue weighted by atomic mass is 32.2. The highest BCUT2D eigenvalue weighted by Crippen LogP contribution is 2.32. The molecule has 0 radical (unpaired) electrons. The molecule has 1 saturated heterocycles. The van der Waals surface area contributed by atoms with Crippen LogP contribution in [0.5, 0.6) is 0 Å². The molecule has 0 aliphatic carbocycles. The molecule has 0 unspecified atom stereocenters. The molecule has 4 rings (SSSR count). The largest absolute Gasteiger partial charge is 0.354 e. The fourth-order valence-electron chi connectivity index (χ4n) is 4.17. The van der Waals surface area contributed by atoms with E-state index in [1.165, 1.54) is 5.56 Å². The highest BCUT2D eigenvalue weighted by molar-refractivity contribution is 7.89. The first-order valence-corrected chi connectivity index (χ1v) is 12.1. The lowest BCUT2D eigenvalue weighted by Gasteiger charge is -2.20. The van der Waals surface area contributed by atoms with E-state index in [0.717, 1.165) is 48.7 Å². The van der Waals surface area contributed by atoms with Crippen LogP contribution in [0.25, 0.3) is 22.2 Å². The summed E-state index contributed by atoms with van der Waals surface area (Å²) in [6.07, 6.45) is 4.73. The lowest BCUT2D eigenvalue weighted by molar-refractivity contribution is 0.112. The maximum absolute atomic E-state index is 13.2. The third-order valence-corrected chi connectivity index (χ3v) is 7.89. The van der Waals surface area contributed by atoms with E-state index in [0.29, 0.717) is 30.0 Å². The van der Waals surface area contributed by atoms with Crippen LogP contribution in [0.1, 0.15) is 61.4 Å². The van der Waals surface area contributed by atoms with Crippen LogP contribution in [0.15, 0.2) is 47.4 Å². The Morgan fingerprint density at radius 2 is 1.63 bits per heavy atom. The number of fused-ring (bicyclic) bond motifs is 1. The van der Waals surface area contributed by atoms with Crippen molar-refractivity contribution in [1.29, 1.82) is 0 Å². The summed E-state index contributed by atoms with van der Waals surface area (Å²) in [6.45, 7) is 5.39. The molecule has 30 heavy (non-hydrogen) atoms. The lowest BCUT2D eigenvalue weighted by atomic mass is 9.99. The molecule has 1 aliphatic heterocycles. The topological polar surface area (TPSA) is 70.2 Å². The summed E-state index contributed by atoms with van der Waals surface area (Å²) in [6, 6.07) is 13.2. The zero-order valence-electron chi connectivity index (χ0n) is 17.5. The molecule has 1 aliphatic rings. The summed E-state index contributed by atoms with van der Waals surface area (Å²) in [5.41, 5.74) is 4.12. The Labute approximate surface area is 178 Å². The molecule has 0 amide bonds. The molecule has 0 spiro atoms. The summed E-state index contributed by atoms with van der Waals surface area (Å²) in [5.74, 6) is 0.430. The number of aldehydes is 1. The zero-order valence-corrected chi connectivity index (χ0v) is 18.3. The van der Waals surface area contributed by atoms with E-state index >= 15 is 0 Å². The van der Waals surface area contributed by atoms with Crippen molar-refractivity contribution in [3.05, 3.63) is 53.6 Å². The summed E-state index contributed by atoms with van der Waals surface area (Å²) < 4.78 is 28.0. The Morgan fingerprint density at radius 1 is 0.967 bits per heavy atom. The van der Waals surface area contributed by atoms with Gasteiger partial charge in [0.25, 0.3) is 0 Å². The van der Waals surface area contributed by atoms with Gasteiger partial charge in [0.05, 0.1) is 10.6 Å². The van der Waals surface area contributed by atoms with E-state index in [1.807, 2.05) is 12.1 Å². The number of aromatic nitrogens is 1. The van der Waals surface area contributed by atoms with Crippen LogP contribution in [0.3, 0.4) is 0 Å². The van der Waals surface area contributed by atoms with Crippen LogP contribution in [0, 0.1) is 0 Å². The maximum atomic E-state index is 13.2. The van der Waals surface area contributed by atoms with Crippen LogP contribution >= 0.6 is 0 Å². The normalized spacial score (nSPS) is 16.1. The molecule has 2 aromatic carbocycles. The van der Waals surface area contributed by atoms with Crippen LogP contribution in [0.4, 0.5) is 0 Å². The zero-order chi connectivity index (χ0) is 21.3. The van der Waals surface area contributed by atoms with E-state index in [2.05, 4.69) is 31.0 Å². The summed E-state index contributed by atoms with van der Waals surface area (Å²) in [5, 5.41) is 0.642. The van der Waals surface area contributed by atoms with Gasteiger partial charge in [0.1, 0.15) is 0 Å². The van der Waals surface area contributed by atoms with Gasteiger partial charge in [0, 0.05) is 29.6 Å². The van der Waals surface area contributed by atoms with E-state index in [4.69, 9.17) is 0 Å². The Hall–Kier alpha value is -2.44. The first-order valence-electron chi connectivity index (χ1n) is 10.6. The molecule has 5 nitrogen and oxygen atoms in total. The fourth-order valence-corrected chi connectivity index (χ4v) is 5.71. The molecule has 0 bridgehead atoms. The Balaban J connectivity index is 1.77. The first-order chi connectivity index (χ1) is 14.4. The minimum absolute atomic E-state index is 0.251. The number of hydrogen-bond acceptors (Lipinski definition) is 3. The monoisotopic (exact) mass is 424 g/mol. The number of nitrogens with zero attached hydrogens (tertiary/aromatic N) is 1. The number of nitrogens with one attached hydrogen (secondary N) is 1. The molecular weight excluding hydrogens is 396 g/mol. The Bertz CT molecular complexity index is 1150. The van der Waals surface area contributed by atoms with Gasteiger partial charge in [-0.3, -0.25) is 4.79 Å². The van der Waals surface area contributed by atoms with Gasteiger partial charge in [-0.1, -0.05) is 51.0 Å². The van der Waals surface area contributed by atoms with E-state index in [-0.39, 0.29) is 4.90 Å². The molecule has 1 N–H and O–H groups in total. The van der Waals surface area contributed by atoms with Gasteiger partial charge in [0.15, 0.2) is 6.29 Å². The number of hydrogen-bond donors (Lipinski definition) is 1. The molecule has 0 atom stereocenters. The number of carbonyl (C=O) groups excluding carboxylic acids is 1. The molecule has 6 heteroatoms. The van der Waals surface area contributed by atoms with Crippen molar-refractivity contribution >= 4 is 27.2 Å². The average molecular weight is 425 g/mol. The predicted octanol–water partition coefficient (Wildman–Crippen LogP) is 5.34. The third kappa shape index (κ3) is 3.82. The minimum Gasteiger partial charge on any atom is -0.354 e. The standard InChI is InChI=1S/C24H28N2O3S/c1-17(2)18-7-9-19(10-8-18)24-22(16-27)21-15-20(11-12-23(21)25-24)30(28,29)26-13-5-3-4-6-14-26/h7-12,15-17,25H,3-6,13-14H2,1-2H3. The number of benzene rings is 2. The van der Waals surface area contributed by atoms with Gasteiger partial charge >= 0.3 is 0 Å². The van der Waals surface area contributed by atoms with Crippen molar-refractivity contribution in [3.8, 4) is 11.3 Å². The van der Waals surface area contributed by atoms with Crippen molar-refractivity contribution in [2.24, 2.45) is 0 Å². The van der Waals surface area contributed by atoms with Crippen molar-refractivity contribution < 1.29 is 13.2 Å². The quantitative estimate of drug-likeness (QED) is 0.562. The van der Waals surface area contributed by atoms with Crippen molar-refractivity contribution in [2.45, 2.75) is 50.3 Å². The summed E-state index contributed by atoms with van der Waals surface area (Å²) >= 11 is 0. The molecule has 0 saturated carbocycles. The third-order valence-electron chi connectivity index (χ3n) is 6.00. The van der Waals surface area contributed by atoms with Gasteiger partial charge in [-0.25, -0.2) is 8.42 Å². The van der Waals surface area contributed by atoms with Gasteiger partial charge in [0.2, 0.25) is 10.0 Å². The number of carbonyl (C=O) groups is 1. The van der Waals surface area contributed by atoms with Gasteiger partial charge < -0.3 is 4.98 Å². The van der Waals surface area contributed by atoms with Crippen LogP contribution < -0.4 is 0 Å². The maximum Gasteiger partial charge on any atom is 0.243 e. The van der Waals surface area contributed by atoms with Crippen LogP contribution in [-0.4, -0.2) is 37.1 Å². The predicted molar refractivity (Wildman–Crippen MR) is 120 cm³/mol. The molecular formula is C24H28N2O3S.